The Morgan fingerprint density at radius 3 is 2.50 bits per heavy atom. The number of hydrogen-bond acceptors (Lipinski definition) is 5. The summed E-state index contributed by atoms with van der Waals surface area (Å²) >= 11 is 0. The summed E-state index contributed by atoms with van der Waals surface area (Å²) in [4.78, 5) is 37.3. The lowest BCUT2D eigenvalue weighted by molar-refractivity contribution is -0.155. The first kappa shape index (κ1) is 16.3. The van der Waals surface area contributed by atoms with Crippen LogP contribution in [0.3, 0.4) is 0 Å². The van der Waals surface area contributed by atoms with E-state index in [0.717, 1.165) is 0 Å². The van der Waals surface area contributed by atoms with E-state index in [1.54, 1.807) is 30.3 Å². The van der Waals surface area contributed by atoms with Crippen molar-refractivity contribution in [2.45, 2.75) is 37.5 Å². The van der Waals surface area contributed by atoms with E-state index in [9.17, 15) is 19.5 Å². The van der Waals surface area contributed by atoms with Crippen molar-refractivity contribution in [3.63, 3.8) is 0 Å². The molecule has 0 spiro atoms. The predicted octanol–water partition coefficient (Wildman–Crippen LogP) is 1.92. The Morgan fingerprint density at radius 1 is 1.17 bits per heavy atom. The molecule has 24 heavy (non-hydrogen) atoms. The van der Waals surface area contributed by atoms with Gasteiger partial charge in [-0.3, -0.25) is 4.79 Å². The molecule has 7 heteroatoms. The van der Waals surface area contributed by atoms with E-state index in [1.165, 1.54) is 12.0 Å². The average molecular weight is 333 g/mol. The van der Waals surface area contributed by atoms with E-state index < -0.39 is 36.1 Å². The topological polar surface area (TPSA) is 93.1 Å². The standard InChI is InChI=1S/C17H19NO6/c1-23-16(20)14-12-8-7-11(18(12)17(21)22)9-13(14)24-15(19)10-5-3-2-4-6-10/h2-6,11-14H,7-9H2,1H3,(H,21,22)/t11-,12-,13+,14+/m1/s1. The van der Waals surface area contributed by atoms with Crippen LogP contribution in [0.25, 0.3) is 0 Å². The maximum atomic E-state index is 12.3. The van der Waals surface area contributed by atoms with Crippen LogP contribution in [-0.4, -0.2) is 53.3 Å². The Balaban J connectivity index is 1.83. The molecule has 0 saturated carbocycles. The molecule has 2 bridgehead atoms. The second kappa shape index (κ2) is 6.51. The lowest BCUT2D eigenvalue weighted by Gasteiger charge is -2.41. The van der Waals surface area contributed by atoms with Crippen molar-refractivity contribution in [2.75, 3.05) is 7.11 Å². The Morgan fingerprint density at radius 2 is 1.88 bits per heavy atom. The van der Waals surface area contributed by atoms with E-state index in [0.29, 0.717) is 24.8 Å². The van der Waals surface area contributed by atoms with E-state index in [2.05, 4.69) is 0 Å². The van der Waals surface area contributed by atoms with Crippen LogP contribution in [0.4, 0.5) is 4.79 Å². The summed E-state index contributed by atoms with van der Waals surface area (Å²) in [6.45, 7) is 0. The minimum atomic E-state index is -1.05. The van der Waals surface area contributed by atoms with Gasteiger partial charge in [0.1, 0.15) is 12.0 Å². The third kappa shape index (κ3) is 2.81. The first-order valence-electron chi connectivity index (χ1n) is 7.88. The largest absolute Gasteiger partial charge is 0.469 e. The summed E-state index contributed by atoms with van der Waals surface area (Å²) in [6, 6.07) is 7.77. The van der Waals surface area contributed by atoms with Gasteiger partial charge in [-0.05, 0) is 25.0 Å². The summed E-state index contributed by atoms with van der Waals surface area (Å²) in [7, 11) is 1.25. The smallest absolute Gasteiger partial charge is 0.407 e. The Kier molecular flexibility index (Phi) is 4.42. The quantitative estimate of drug-likeness (QED) is 0.850. The van der Waals surface area contributed by atoms with Gasteiger partial charge in [-0.25, -0.2) is 9.59 Å². The third-order valence-electron chi connectivity index (χ3n) is 4.83. The number of benzene rings is 1. The van der Waals surface area contributed by atoms with E-state index in [-0.39, 0.29) is 6.04 Å². The Labute approximate surface area is 139 Å². The van der Waals surface area contributed by atoms with Crippen LogP contribution in [0.15, 0.2) is 30.3 Å². The van der Waals surface area contributed by atoms with Crippen LogP contribution in [0.1, 0.15) is 29.6 Å². The van der Waals surface area contributed by atoms with Crippen LogP contribution in [0.2, 0.25) is 0 Å². The van der Waals surface area contributed by atoms with Gasteiger partial charge in [-0.2, -0.15) is 0 Å². The van der Waals surface area contributed by atoms with Gasteiger partial charge in [0, 0.05) is 12.5 Å². The summed E-state index contributed by atoms with van der Waals surface area (Å²) in [6.07, 6.45) is -0.205. The fourth-order valence-electron chi connectivity index (χ4n) is 3.80. The molecule has 3 rings (SSSR count). The average Bonchev–Trinajstić information content (AvgIpc) is 2.90. The molecular formula is C17H19NO6. The molecule has 7 nitrogen and oxygen atoms in total. The Hall–Kier alpha value is -2.57. The fourth-order valence-corrected chi connectivity index (χ4v) is 3.80. The number of nitrogens with zero attached hydrogens (tertiary/aromatic N) is 1. The molecule has 1 amide bonds. The van der Waals surface area contributed by atoms with Crippen molar-refractivity contribution >= 4 is 18.0 Å². The third-order valence-corrected chi connectivity index (χ3v) is 4.83. The number of esters is 2. The molecular weight excluding hydrogens is 314 g/mol. The predicted molar refractivity (Wildman–Crippen MR) is 82.4 cm³/mol. The van der Waals surface area contributed by atoms with Crippen molar-refractivity contribution in [3.05, 3.63) is 35.9 Å². The normalized spacial score (nSPS) is 28.3. The molecule has 0 unspecified atom stereocenters. The van der Waals surface area contributed by atoms with Crippen LogP contribution in [0, 0.1) is 5.92 Å². The summed E-state index contributed by atoms with van der Waals surface area (Å²) in [5.41, 5.74) is 0.397. The number of hydrogen-bond donors (Lipinski definition) is 1. The van der Waals surface area contributed by atoms with Crippen molar-refractivity contribution in [2.24, 2.45) is 5.92 Å². The highest BCUT2D eigenvalue weighted by atomic mass is 16.6. The van der Waals surface area contributed by atoms with Crippen molar-refractivity contribution in [1.29, 1.82) is 0 Å². The van der Waals surface area contributed by atoms with Gasteiger partial charge in [0.25, 0.3) is 0 Å². The summed E-state index contributed by atoms with van der Waals surface area (Å²) < 4.78 is 10.4. The number of carboxylic acid groups (broad SMARTS) is 1. The number of carbonyl (C=O) groups is 3. The molecule has 1 aromatic rings. The van der Waals surface area contributed by atoms with Gasteiger partial charge in [0.2, 0.25) is 0 Å². The highest BCUT2D eigenvalue weighted by Gasteiger charge is 2.54. The molecule has 1 aromatic carbocycles. The Bertz CT molecular complexity index is 646. The van der Waals surface area contributed by atoms with Crippen molar-refractivity contribution in [1.82, 2.24) is 4.90 Å². The number of rotatable bonds is 3. The minimum absolute atomic E-state index is 0.234. The molecule has 1 N–H and O–H groups in total. The number of amides is 1. The molecule has 4 atom stereocenters. The molecule has 0 aliphatic carbocycles. The van der Waals surface area contributed by atoms with Crippen molar-refractivity contribution < 1.29 is 29.0 Å². The summed E-state index contributed by atoms with van der Waals surface area (Å²) in [5.74, 6) is -1.85. The SMILES string of the molecule is COC(=O)[C@@H]1[C@@H](OC(=O)c2ccccc2)C[C@H]2CC[C@H]1N2C(=O)O. The molecule has 128 valence electrons. The number of ether oxygens (including phenoxy) is 2. The highest BCUT2D eigenvalue weighted by Crippen LogP contribution is 2.41. The lowest BCUT2D eigenvalue weighted by atomic mass is 9.87. The fraction of sp³-hybridized carbons (Fsp3) is 0.471. The maximum Gasteiger partial charge on any atom is 0.407 e. The van der Waals surface area contributed by atoms with Crippen LogP contribution in [-0.2, 0) is 14.3 Å². The second-order valence-corrected chi connectivity index (χ2v) is 6.08. The number of methoxy groups -OCH3 is 1. The van der Waals surface area contributed by atoms with Crippen LogP contribution >= 0.6 is 0 Å². The molecule has 0 radical (unpaired) electrons. The first-order valence-corrected chi connectivity index (χ1v) is 7.88. The first-order chi connectivity index (χ1) is 11.5. The van der Waals surface area contributed by atoms with Crippen molar-refractivity contribution in [3.8, 4) is 0 Å². The van der Waals surface area contributed by atoms with Gasteiger partial charge < -0.3 is 19.5 Å². The molecule has 2 saturated heterocycles. The lowest BCUT2D eigenvalue weighted by Crippen LogP contribution is -2.56. The molecule has 2 aliphatic rings. The second-order valence-electron chi connectivity index (χ2n) is 6.08. The molecule has 2 fully saturated rings. The molecule has 2 aliphatic heterocycles. The highest BCUT2D eigenvalue weighted by molar-refractivity contribution is 5.89. The zero-order chi connectivity index (χ0) is 17.3. The number of piperidine rings is 1. The van der Waals surface area contributed by atoms with Crippen LogP contribution < -0.4 is 0 Å². The van der Waals surface area contributed by atoms with Gasteiger partial charge in [-0.15, -0.1) is 0 Å². The number of fused-ring (bicyclic) bond motifs is 2. The summed E-state index contributed by atoms with van der Waals surface area (Å²) in [5, 5.41) is 9.40. The maximum absolute atomic E-state index is 12.3. The van der Waals surface area contributed by atoms with E-state index in [4.69, 9.17) is 9.47 Å². The van der Waals surface area contributed by atoms with Gasteiger partial charge in [0.15, 0.2) is 0 Å². The minimum Gasteiger partial charge on any atom is -0.469 e. The van der Waals surface area contributed by atoms with Crippen LogP contribution in [0.5, 0.6) is 0 Å². The van der Waals surface area contributed by atoms with Gasteiger partial charge in [-0.1, -0.05) is 18.2 Å². The molecule has 0 aromatic heterocycles. The molecule has 2 heterocycles. The van der Waals surface area contributed by atoms with Gasteiger partial charge in [0.05, 0.1) is 18.7 Å². The van der Waals surface area contributed by atoms with E-state index in [1.807, 2.05) is 0 Å². The zero-order valence-corrected chi connectivity index (χ0v) is 13.3. The monoisotopic (exact) mass is 333 g/mol. The zero-order valence-electron chi connectivity index (χ0n) is 13.3. The van der Waals surface area contributed by atoms with Gasteiger partial charge >= 0.3 is 18.0 Å². The van der Waals surface area contributed by atoms with E-state index >= 15 is 0 Å². The number of carbonyl (C=O) groups excluding carboxylic acids is 2.